The van der Waals surface area contributed by atoms with Crippen molar-refractivity contribution in [2.45, 2.75) is 116 Å². The smallest absolute Gasteiger partial charge is 0.338 e. The van der Waals surface area contributed by atoms with Crippen molar-refractivity contribution < 1.29 is 62.3 Å². The average Bonchev–Trinajstić information content (AvgIpc) is 3.26. The molecule has 1 saturated heterocycles. The van der Waals surface area contributed by atoms with Crippen LogP contribution in [-0.4, -0.2) is 114 Å². The minimum Gasteiger partial charge on any atom is -0.461 e. The number of benzene rings is 3. The molecule has 65 heavy (non-hydrogen) atoms. The van der Waals surface area contributed by atoms with Gasteiger partial charge >= 0.3 is 29.8 Å². The van der Waals surface area contributed by atoms with Crippen molar-refractivity contribution in [2.75, 3.05) is 26.2 Å². The Balaban J connectivity index is 1.41. The highest BCUT2D eigenvalue weighted by Crippen LogP contribution is 2.65. The van der Waals surface area contributed by atoms with Crippen LogP contribution >= 0.6 is 0 Å². The first kappa shape index (κ1) is 47.3. The SMILES string of the molecule is CCN(CC)CCC(=O)O[C@H]1C[C@H]2OC[C@@]2(OC(C)=O)[C@H]2[C@H](OC(=O)c3ccccc3)[C@]3(O)C[C@H](OC(=O)/C=C/c4ccc5ccccc5c4)C(C)=C([C@@H](OC(C)=O)C(=O)[C@]12C)C3(C)C. The van der Waals surface area contributed by atoms with Gasteiger partial charge in [-0.05, 0) is 78.7 Å². The zero-order valence-electron chi connectivity index (χ0n) is 38.3. The van der Waals surface area contributed by atoms with Crippen LogP contribution in [0, 0.1) is 16.7 Å². The van der Waals surface area contributed by atoms with Crippen LogP contribution in [0.5, 0.6) is 0 Å². The number of Topliss-reactive ketones (excluding diaryl/α,β-unsaturated/α-hetero) is 1. The van der Waals surface area contributed by atoms with Crippen LogP contribution in [0.15, 0.2) is 90.0 Å². The van der Waals surface area contributed by atoms with Gasteiger partial charge in [-0.25, -0.2) is 9.59 Å². The van der Waals surface area contributed by atoms with Crippen molar-refractivity contribution in [1.82, 2.24) is 4.90 Å². The largest absolute Gasteiger partial charge is 0.461 e. The van der Waals surface area contributed by atoms with E-state index in [1.54, 1.807) is 45.0 Å². The van der Waals surface area contributed by atoms with E-state index in [9.17, 15) is 29.1 Å². The monoisotopic (exact) mass is 893 g/mol. The van der Waals surface area contributed by atoms with Gasteiger partial charge in [0.15, 0.2) is 17.5 Å². The van der Waals surface area contributed by atoms with Crippen LogP contribution in [0.1, 0.15) is 90.6 Å². The van der Waals surface area contributed by atoms with Gasteiger partial charge in [-0.3, -0.25) is 19.2 Å². The Hall–Kier alpha value is -5.70. The van der Waals surface area contributed by atoms with E-state index in [0.29, 0.717) is 25.2 Å². The lowest BCUT2D eigenvalue weighted by molar-refractivity contribution is -0.346. The summed E-state index contributed by atoms with van der Waals surface area (Å²) in [5, 5.41) is 15.9. The van der Waals surface area contributed by atoms with Crippen molar-refractivity contribution >= 4 is 52.5 Å². The Bertz CT molecular complexity index is 2420. The molecule has 14 heteroatoms. The summed E-state index contributed by atoms with van der Waals surface area (Å²) in [6.07, 6.45) is -4.77. The van der Waals surface area contributed by atoms with Crippen LogP contribution in [0.2, 0.25) is 0 Å². The predicted molar refractivity (Wildman–Crippen MR) is 238 cm³/mol. The topological polar surface area (TPSA) is 181 Å². The van der Waals surface area contributed by atoms with E-state index in [4.69, 9.17) is 28.4 Å². The molecule has 9 atom stereocenters. The van der Waals surface area contributed by atoms with Gasteiger partial charge in [0.1, 0.15) is 30.0 Å². The lowest BCUT2D eigenvalue weighted by Gasteiger charge is -2.67. The Morgan fingerprint density at radius 1 is 0.862 bits per heavy atom. The van der Waals surface area contributed by atoms with Gasteiger partial charge in [0.25, 0.3) is 0 Å². The van der Waals surface area contributed by atoms with Crippen LogP contribution in [-0.2, 0) is 52.4 Å². The summed E-state index contributed by atoms with van der Waals surface area (Å²) >= 11 is 0. The molecule has 1 aliphatic heterocycles. The summed E-state index contributed by atoms with van der Waals surface area (Å²) in [5.41, 5.74) is -6.33. The minimum atomic E-state index is -2.29. The number of carbonyl (C=O) groups is 6. The van der Waals surface area contributed by atoms with E-state index in [1.807, 2.05) is 61.2 Å². The van der Waals surface area contributed by atoms with Gasteiger partial charge in [-0.15, -0.1) is 0 Å². The van der Waals surface area contributed by atoms with Crippen LogP contribution in [0.3, 0.4) is 0 Å². The number of ether oxygens (including phenoxy) is 6. The molecule has 0 amide bonds. The highest BCUT2D eigenvalue weighted by Gasteiger charge is 2.79. The quantitative estimate of drug-likeness (QED) is 0.0867. The number of fused-ring (bicyclic) bond motifs is 6. The second-order valence-electron chi connectivity index (χ2n) is 18.4. The maximum Gasteiger partial charge on any atom is 0.338 e. The maximum absolute atomic E-state index is 16.0. The third-order valence-electron chi connectivity index (χ3n) is 14.4. The third-order valence-corrected chi connectivity index (χ3v) is 14.4. The highest BCUT2D eigenvalue weighted by molar-refractivity contribution is 5.96. The van der Waals surface area contributed by atoms with E-state index in [0.717, 1.165) is 23.3 Å². The molecule has 1 heterocycles. The third kappa shape index (κ3) is 8.52. The van der Waals surface area contributed by atoms with E-state index < -0.39 is 94.1 Å². The maximum atomic E-state index is 16.0. The molecule has 2 bridgehead atoms. The van der Waals surface area contributed by atoms with Crippen molar-refractivity contribution in [1.29, 1.82) is 0 Å². The lowest BCUT2D eigenvalue weighted by atomic mass is 9.44. The molecule has 0 radical (unpaired) electrons. The summed E-state index contributed by atoms with van der Waals surface area (Å²) in [6, 6.07) is 21.6. The van der Waals surface area contributed by atoms with Gasteiger partial charge in [0.05, 0.1) is 29.9 Å². The summed E-state index contributed by atoms with van der Waals surface area (Å²) in [5.74, 6) is -6.13. The Kier molecular flexibility index (Phi) is 13.3. The van der Waals surface area contributed by atoms with Crippen molar-refractivity contribution in [3.05, 3.63) is 101 Å². The molecule has 3 aromatic rings. The number of carbonyl (C=O) groups excluding carboxylic acids is 6. The lowest BCUT2D eigenvalue weighted by Crippen LogP contribution is -2.82. The number of hydrogen-bond acceptors (Lipinski definition) is 14. The second kappa shape index (κ2) is 18.3. The number of aliphatic hydroxyl groups is 1. The van der Waals surface area contributed by atoms with Crippen molar-refractivity contribution in [3.8, 4) is 0 Å². The Labute approximate surface area is 379 Å². The Morgan fingerprint density at radius 2 is 1.54 bits per heavy atom. The molecule has 1 N–H and O–H groups in total. The van der Waals surface area contributed by atoms with Crippen molar-refractivity contribution in [3.63, 3.8) is 0 Å². The molecular weight excluding hydrogens is 835 g/mol. The predicted octanol–water partition coefficient (Wildman–Crippen LogP) is 6.35. The number of ketones is 1. The number of nitrogens with zero attached hydrogens (tertiary/aromatic N) is 1. The zero-order valence-corrected chi connectivity index (χ0v) is 38.3. The van der Waals surface area contributed by atoms with E-state index in [-0.39, 0.29) is 37.0 Å². The molecule has 0 spiro atoms. The van der Waals surface area contributed by atoms with Gasteiger partial charge in [0.2, 0.25) is 0 Å². The van der Waals surface area contributed by atoms with Gasteiger partial charge in [-0.2, -0.15) is 0 Å². The summed E-state index contributed by atoms with van der Waals surface area (Å²) in [4.78, 5) is 86.8. The van der Waals surface area contributed by atoms with Crippen LogP contribution in [0.25, 0.3) is 16.8 Å². The molecule has 2 saturated carbocycles. The van der Waals surface area contributed by atoms with E-state index in [2.05, 4.69) is 0 Å². The molecule has 3 aromatic carbocycles. The first-order chi connectivity index (χ1) is 30.8. The number of rotatable bonds is 13. The first-order valence-corrected chi connectivity index (χ1v) is 22.3. The van der Waals surface area contributed by atoms with Gasteiger partial charge < -0.3 is 38.4 Å². The fourth-order valence-corrected chi connectivity index (χ4v) is 10.8. The van der Waals surface area contributed by atoms with E-state index >= 15 is 4.79 Å². The Morgan fingerprint density at radius 3 is 2.17 bits per heavy atom. The van der Waals surface area contributed by atoms with Gasteiger partial charge in [-0.1, -0.05) is 82.3 Å². The molecule has 3 aliphatic carbocycles. The normalized spacial score (nSPS) is 30.3. The molecule has 4 aliphatic rings. The highest BCUT2D eigenvalue weighted by atomic mass is 16.6. The van der Waals surface area contributed by atoms with Gasteiger partial charge in [0, 0.05) is 44.7 Å². The van der Waals surface area contributed by atoms with Crippen molar-refractivity contribution in [2.24, 2.45) is 16.7 Å². The number of hydrogen-bond donors (Lipinski definition) is 1. The molecule has 346 valence electrons. The molecule has 3 fully saturated rings. The summed E-state index contributed by atoms with van der Waals surface area (Å²) in [6.45, 7) is 14.2. The molecule has 14 nitrogen and oxygen atoms in total. The molecule has 0 unspecified atom stereocenters. The fraction of sp³-hybridized carbons (Fsp3) is 0.490. The second-order valence-corrected chi connectivity index (χ2v) is 18.4. The van der Waals surface area contributed by atoms with Crippen LogP contribution < -0.4 is 0 Å². The minimum absolute atomic E-state index is 0.0306. The summed E-state index contributed by atoms with van der Waals surface area (Å²) in [7, 11) is 0. The standard InChI is InChI=1S/C51H59NO13/c1-9-52(10-2)25-24-41(56)63-38-27-39-50(29-60-39,65-32(5)54)44-46(64-47(58)35-17-12-11-13-18-35)51(59)28-37(62-40(55)23-21-33-20-22-34-16-14-15-19-36(34)26-33)30(3)42(48(51,6)7)43(61-31(4)53)45(57)49(38,44)8/h11-23,26,37-39,43-44,46,59H,9-10,24-25,27-29H2,1-8H3/b23-21+/t37-,38-,39+,43+,44-,46-,49+,50-,51+/m0/s1. The van der Waals surface area contributed by atoms with Crippen LogP contribution in [0.4, 0.5) is 0 Å². The molecule has 0 aromatic heterocycles. The average molecular weight is 894 g/mol. The molecule has 7 rings (SSSR count). The summed E-state index contributed by atoms with van der Waals surface area (Å²) < 4.78 is 37.4. The fourth-order valence-electron chi connectivity index (χ4n) is 10.8. The van der Waals surface area contributed by atoms with E-state index in [1.165, 1.54) is 32.1 Å². The molecular formula is C51H59NO13. The zero-order chi connectivity index (χ0) is 47.1. The first-order valence-electron chi connectivity index (χ1n) is 22.3. The number of esters is 5.